The van der Waals surface area contributed by atoms with Gasteiger partial charge in [-0.05, 0) is 44.3 Å². The van der Waals surface area contributed by atoms with Gasteiger partial charge in [-0.2, -0.15) is 4.98 Å². The topological polar surface area (TPSA) is 51.0 Å². The fourth-order valence-corrected chi connectivity index (χ4v) is 1.61. The summed E-state index contributed by atoms with van der Waals surface area (Å²) in [5.74, 6) is 1.28. The van der Waals surface area contributed by atoms with Gasteiger partial charge in [-0.1, -0.05) is 16.8 Å². The molecule has 0 radical (unpaired) electrons. The fraction of sp³-hybridized carbons (Fsp3) is 0.333. The van der Waals surface area contributed by atoms with Crippen LogP contribution in [0, 0.1) is 0 Å². The maximum absolute atomic E-state index is 5.82. The fourth-order valence-electron chi connectivity index (χ4n) is 1.49. The Balaban J connectivity index is 2.04. The van der Waals surface area contributed by atoms with Gasteiger partial charge >= 0.3 is 0 Å². The maximum atomic E-state index is 5.82. The highest BCUT2D eigenvalue weighted by Crippen LogP contribution is 2.19. The van der Waals surface area contributed by atoms with Crippen molar-refractivity contribution in [1.82, 2.24) is 15.5 Å². The lowest BCUT2D eigenvalue weighted by molar-refractivity contribution is 0.421. The molecule has 0 fully saturated rings. The van der Waals surface area contributed by atoms with Gasteiger partial charge < -0.3 is 9.84 Å². The average molecular weight is 252 g/mol. The maximum Gasteiger partial charge on any atom is 0.257 e. The van der Waals surface area contributed by atoms with Crippen molar-refractivity contribution >= 4 is 11.6 Å². The van der Waals surface area contributed by atoms with E-state index in [1.54, 1.807) is 0 Å². The standard InChI is InChI=1S/C12H14ClN3O/c1-14-8-2-3-11-15-12(17-16-11)9-4-6-10(13)7-5-9/h4-7,14H,2-3,8H2,1H3. The summed E-state index contributed by atoms with van der Waals surface area (Å²) in [6.45, 7) is 0.949. The zero-order valence-corrected chi connectivity index (χ0v) is 10.4. The molecule has 0 spiro atoms. The summed E-state index contributed by atoms with van der Waals surface area (Å²) < 4.78 is 5.20. The lowest BCUT2D eigenvalue weighted by Crippen LogP contribution is -2.08. The van der Waals surface area contributed by atoms with Gasteiger partial charge in [0.2, 0.25) is 0 Å². The smallest absolute Gasteiger partial charge is 0.257 e. The molecule has 0 saturated heterocycles. The van der Waals surface area contributed by atoms with Crippen LogP contribution in [0.25, 0.3) is 11.5 Å². The van der Waals surface area contributed by atoms with E-state index < -0.39 is 0 Å². The lowest BCUT2D eigenvalue weighted by atomic mass is 10.2. The van der Waals surface area contributed by atoms with E-state index in [2.05, 4.69) is 15.5 Å². The van der Waals surface area contributed by atoms with Gasteiger partial charge in [0.15, 0.2) is 5.82 Å². The molecule has 4 nitrogen and oxygen atoms in total. The molecule has 5 heteroatoms. The molecule has 1 N–H and O–H groups in total. The number of nitrogens with one attached hydrogen (secondary N) is 1. The van der Waals surface area contributed by atoms with Crippen LogP contribution in [0.15, 0.2) is 28.8 Å². The second-order valence-corrected chi connectivity index (χ2v) is 4.17. The van der Waals surface area contributed by atoms with Crippen LogP contribution < -0.4 is 5.32 Å². The van der Waals surface area contributed by atoms with E-state index in [9.17, 15) is 0 Å². The highest BCUT2D eigenvalue weighted by atomic mass is 35.5. The predicted molar refractivity (Wildman–Crippen MR) is 67.0 cm³/mol. The van der Waals surface area contributed by atoms with Crippen LogP contribution in [-0.2, 0) is 6.42 Å². The van der Waals surface area contributed by atoms with E-state index in [0.29, 0.717) is 10.9 Å². The summed E-state index contributed by atoms with van der Waals surface area (Å²) in [4.78, 5) is 4.33. The highest BCUT2D eigenvalue weighted by molar-refractivity contribution is 6.30. The van der Waals surface area contributed by atoms with Crippen LogP contribution in [0.4, 0.5) is 0 Å². The molecular weight excluding hydrogens is 238 g/mol. The number of aryl methyl sites for hydroxylation is 1. The molecule has 90 valence electrons. The molecule has 1 aromatic heterocycles. The largest absolute Gasteiger partial charge is 0.334 e. The van der Waals surface area contributed by atoms with Crippen molar-refractivity contribution in [2.75, 3.05) is 13.6 Å². The first kappa shape index (κ1) is 12.1. The Morgan fingerprint density at radius 1 is 1.29 bits per heavy atom. The first-order valence-corrected chi connectivity index (χ1v) is 5.90. The lowest BCUT2D eigenvalue weighted by Gasteiger charge is -1.94. The third-order valence-electron chi connectivity index (χ3n) is 2.39. The van der Waals surface area contributed by atoms with E-state index in [-0.39, 0.29) is 0 Å². The number of hydrogen-bond acceptors (Lipinski definition) is 4. The summed E-state index contributed by atoms with van der Waals surface area (Å²) in [5.41, 5.74) is 0.891. The summed E-state index contributed by atoms with van der Waals surface area (Å²) >= 11 is 5.82. The van der Waals surface area contributed by atoms with Crippen molar-refractivity contribution in [3.05, 3.63) is 35.1 Å². The van der Waals surface area contributed by atoms with Crippen LogP contribution in [0.5, 0.6) is 0 Å². The van der Waals surface area contributed by atoms with Gasteiger partial charge in [-0.3, -0.25) is 0 Å². The van der Waals surface area contributed by atoms with E-state index in [4.69, 9.17) is 16.1 Å². The zero-order valence-electron chi connectivity index (χ0n) is 9.61. The first-order valence-electron chi connectivity index (χ1n) is 5.52. The Morgan fingerprint density at radius 3 is 2.76 bits per heavy atom. The molecule has 0 atom stereocenters. The van der Waals surface area contributed by atoms with Crippen molar-refractivity contribution in [3.8, 4) is 11.5 Å². The number of hydrogen-bond donors (Lipinski definition) is 1. The van der Waals surface area contributed by atoms with Crippen molar-refractivity contribution in [2.45, 2.75) is 12.8 Å². The highest BCUT2D eigenvalue weighted by Gasteiger charge is 2.07. The van der Waals surface area contributed by atoms with Crippen LogP contribution in [0.2, 0.25) is 5.02 Å². The Hall–Kier alpha value is -1.39. The summed E-state index contributed by atoms with van der Waals surface area (Å²) in [7, 11) is 1.93. The molecular formula is C12H14ClN3O. The van der Waals surface area contributed by atoms with Crippen molar-refractivity contribution in [1.29, 1.82) is 0 Å². The second kappa shape index (κ2) is 5.80. The number of rotatable bonds is 5. The van der Waals surface area contributed by atoms with E-state index >= 15 is 0 Å². The number of nitrogens with zero attached hydrogens (tertiary/aromatic N) is 2. The Labute approximate surface area is 105 Å². The minimum Gasteiger partial charge on any atom is -0.334 e. The predicted octanol–water partition coefficient (Wildman–Crippen LogP) is 2.54. The van der Waals surface area contributed by atoms with Gasteiger partial charge in [-0.25, -0.2) is 0 Å². The van der Waals surface area contributed by atoms with Crippen molar-refractivity contribution < 1.29 is 4.52 Å². The number of benzene rings is 1. The average Bonchev–Trinajstić information content (AvgIpc) is 2.79. The third-order valence-corrected chi connectivity index (χ3v) is 2.64. The second-order valence-electron chi connectivity index (χ2n) is 3.73. The zero-order chi connectivity index (χ0) is 12.1. The van der Waals surface area contributed by atoms with E-state index in [0.717, 1.165) is 30.8 Å². The van der Waals surface area contributed by atoms with Crippen LogP contribution in [0.1, 0.15) is 12.2 Å². The summed E-state index contributed by atoms with van der Waals surface area (Å²) in [5, 5.41) is 7.72. The molecule has 0 bridgehead atoms. The van der Waals surface area contributed by atoms with Crippen LogP contribution in [0.3, 0.4) is 0 Å². The van der Waals surface area contributed by atoms with Gasteiger partial charge in [0.25, 0.3) is 5.89 Å². The van der Waals surface area contributed by atoms with Crippen LogP contribution in [-0.4, -0.2) is 23.7 Å². The van der Waals surface area contributed by atoms with Gasteiger partial charge in [0.1, 0.15) is 0 Å². The quantitative estimate of drug-likeness (QED) is 0.830. The van der Waals surface area contributed by atoms with Gasteiger partial charge in [-0.15, -0.1) is 0 Å². The molecule has 17 heavy (non-hydrogen) atoms. The molecule has 0 aliphatic rings. The third kappa shape index (κ3) is 3.28. The van der Waals surface area contributed by atoms with E-state index in [1.165, 1.54) is 0 Å². The summed E-state index contributed by atoms with van der Waals surface area (Å²) in [6.07, 6.45) is 1.81. The molecule has 1 aromatic carbocycles. The Kier molecular flexibility index (Phi) is 4.12. The van der Waals surface area contributed by atoms with Crippen molar-refractivity contribution in [3.63, 3.8) is 0 Å². The van der Waals surface area contributed by atoms with Gasteiger partial charge in [0.05, 0.1) is 0 Å². The van der Waals surface area contributed by atoms with E-state index in [1.807, 2.05) is 31.3 Å². The monoisotopic (exact) mass is 251 g/mol. The molecule has 2 rings (SSSR count). The van der Waals surface area contributed by atoms with Crippen molar-refractivity contribution in [2.24, 2.45) is 0 Å². The minimum absolute atomic E-state index is 0.543. The molecule has 0 unspecified atom stereocenters. The Morgan fingerprint density at radius 2 is 2.06 bits per heavy atom. The molecule has 2 aromatic rings. The molecule has 0 aliphatic heterocycles. The molecule has 0 amide bonds. The Bertz CT molecular complexity index is 467. The first-order chi connectivity index (χ1) is 8.29. The molecule has 0 aliphatic carbocycles. The van der Waals surface area contributed by atoms with Gasteiger partial charge in [0, 0.05) is 17.0 Å². The minimum atomic E-state index is 0.543. The SMILES string of the molecule is CNCCCc1noc(-c2ccc(Cl)cc2)n1. The van der Waals surface area contributed by atoms with Crippen LogP contribution >= 0.6 is 11.6 Å². The summed E-state index contributed by atoms with van der Waals surface area (Å²) in [6, 6.07) is 7.35. The number of halogens is 1. The molecule has 1 heterocycles. The normalized spacial score (nSPS) is 10.7. The molecule has 0 saturated carbocycles. The number of aromatic nitrogens is 2.